The first-order valence-electron chi connectivity index (χ1n) is 9.42. The van der Waals surface area contributed by atoms with Crippen molar-refractivity contribution in [3.05, 3.63) is 64.2 Å². The Morgan fingerprint density at radius 3 is 2.38 bits per heavy atom. The second-order valence-electron chi connectivity index (χ2n) is 7.07. The number of hydrogen-bond acceptors (Lipinski definition) is 6. The van der Waals surface area contributed by atoms with E-state index in [9.17, 15) is 23.3 Å². The second-order valence-corrected chi connectivity index (χ2v) is 8.96. The molecule has 1 saturated heterocycles. The molecule has 1 fully saturated rings. The molecule has 1 unspecified atom stereocenters. The van der Waals surface area contributed by atoms with Crippen LogP contribution >= 0.6 is 0 Å². The zero-order valence-corrected chi connectivity index (χ0v) is 16.9. The Hall–Kier alpha value is -2.78. The summed E-state index contributed by atoms with van der Waals surface area (Å²) in [4.78, 5) is 22.6. The summed E-state index contributed by atoms with van der Waals surface area (Å²) >= 11 is 0. The average Bonchev–Trinajstić information content (AvgIpc) is 2.72. The molecule has 9 heteroatoms. The predicted molar refractivity (Wildman–Crippen MR) is 110 cm³/mol. The fourth-order valence-corrected chi connectivity index (χ4v) is 5.06. The van der Waals surface area contributed by atoms with Crippen molar-refractivity contribution < 1.29 is 18.1 Å². The molecule has 1 atom stereocenters. The Kier molecular flexibility index (Phi) is 6.29. The van der Waals surface area contributed by atoms with Crippen LogP contribution in [0.15, 0.2) is 53.4 Å². The van der Waals surface area contributed by atoms with Crippen LogP contribution in [0.1, 0.15) is 36.5 Å². The minimum Gasteiger partial charge on any atom is -0.378 e. The van der Waals surface area contributed by atoms with E-state index >= 15 is 0 Å². The molecule has 0 aromatic heterocycles. The van der Waals surface area contributed by atoms with Gasteiger partial charge in [-0.05, 0) is 56.2 Å². The van der Waals surface area contributed by atoms with E-state index in [2.05, 4.69) is 5.32 Å². The van der Waals surface area contributed by atoms with Gasteiger partial charge >= 0.3 is 0 Å². The Morgan fingerprint density at radius 1 is 1.14 bits per heavy atom. The van der Waals surface area contributed by atoms with Crippen molar-refractivity contribution in [3.63, 3.8) is 0 Å². The van der Waals surface area contributed by atoms with Gasteiger partial charge < -0.3 is 5.32 Å². The number of rotatable bonds is 7. The molecule has 8 nitrogen and oxygen atoms in total. The second kappa shape index (κ2) is 8.71. The van der Waals surface area contributed by atoms with E-state index in [1.165, 1.54) is 36.4 Å². The van der Waals surface area contributed by atoms with Crippen LogP contribution in [0.5, 0.6) is 0 Å². The third-order valence-corrected chi connectivity index (χ3v) is 7.08. The molecule has 29 heavy (non-hydrogen) atoms. The van der Waals surface area contributed by atoms with Crippen molar-refractivity contribution in [1.82, 2.24) is 4.31 Å². The van der Waals surface area contributed by atoms with Crippen molar-refractivity contribution in [2.45, 2.75) is 37.1 Å². The number of non-ortho nitro benzene ring substituents is 1. The van der Waals surface area contributed by atoms with Gasteiger partial charge in [0.25, 0.3) is 5.69 Å². The van der Waals surface area contributed by atoms with Crippen LogP contribution in [0, 0.1) is 10.1 Å². The molecule has 0 bridgehead atoms. The number of carbonyl (C=O) groups is 1. The molecule has 0 radical (unpaired) electrons. The Balaban J connectivity index is 1.63. The van der Waals surface area contributed by atoms with Gasteiger partial charge in [-0.25, -0.2) is 8.42 Å². The smallest absolute Gasteiger partial charge is 0.269 e. The number of nitrogens with zero attached hydrogens (tertiary/aromatic N) is 2. The molecule has 0 spiro atoms. The molecular formula is C20H23N3O5S. The summed E-state index contributed by atoms with van der Waals surface area (Å²) in [5.74, 6) is -0.223. The monoisotopic (exact) mass is 417 g/mol. The summed E-state index contributed by atoms with van der Waals surface area (Å²) in [7, 11) is -3.53. The average molecular weight is 417 g/mol. The molecule has 0 saturated carbocycles. The number of benzene rings is 2. The van der Waals surface area contributed by atoms with Crippen LogP contribution in [0.4, 0.5) is 11.4 Å². The summed E-state index contributed by atoms with van der Waals surface area (Å²) in [5.41, 5.74) is 0.904. The maximum absolute atomic E-state index is 12.8. The number of hydrogen-bond donors (Lipinski definition) is 1. The number of ketones is 1. The maximum Gasteiger partial charge on any atom is 0.269 e. The van der Waals surface area contributed by atoms with E-state index in [0.717, 1.165) is 19.3 Å². The molecule has 2 aromatic rings. The number of carbonyl (C=O) groups excluding carboxylic acids is 1. The van der Waals surface area contributed by atoms with Gasteiger partial charge in [0, 0.05) is 36.0 Å². The zero-order chi connectivity index (χ0) is 21.0. The number of nitro groups is 1. The lowest BCUT2D eigenvalue weighted by Gasteiger charge is -2.32. The number of nitrogens with one attached hydrogen (secondary N) is 1. The number of nitro benzene ring substituents is 1. The van der Waals surface area contributed by atoms with E-state index < -0.39 is 14.9 Å². The van der Waals surface area contributed by atoms with Crippen LogP contribution in [-0.2, 0) is 10.0 Å². The molecule has 1 N–H and O–H groups in total. The molecule has 2 aromatic carbocycles. The summed E-state index contributed by atoms with van der Waals surface area (Å²) in [5, 5.41) is 13.6. The summed E-state index contributed by atoms with van der Waals surface area (Å²) in [6, 6.07) is 11.7. The normalized spacial score (nSPS) is 17.6. The zero-order valence-electron chi connectivity index (χ0n) is 16.1. The van der Waals surface area contributed by atoms with Crippen molar-refractivity contribution >= 4 is 27.2 Å². The van der Waals surface area contributed by atoms with Gasteiger partial charge in [0.05, 0.1) is 16.4 Å². The largest absolute Gasteiger partial charge is 0.378 e. The molecule has 0 aliphatic carbocycles. The fraction of sp³-hybridized carbons (Fsp3) is 0.350. The highest BCUT2D eigenvalue weighted by atomic mass is 32.2. The van der Waals surface area contributed by atoms with Gasteiger partial charge in [-0.15, -0.1) is 0 Å². The summed E-state index contributed by atoms with van der Waals surface area (Å²) in [6.07, 6.45) is 2.77. The highest BCUT2D eigenvalue weighted by Crippen LogP contribution is 2.26. The van der Waals surface area contributed by atoms with Gasteiger partial charge in [0.2, 0.25) is 10.0 Å². The predicted octanol–water partition coefficient (Wildman–Crippen LogP) is 3.45. The molecule has 3 rings (SSSR count). The Morgan fingerprint density at radius 2 is 1.79 bits per heavy atom. The van der Waals surface area contributed by atoms with E-state index in [1.807, 2.05) is 6.92 Å². The van der Waals surface area contributed by atoms with Crippen LogP contribution in [0.25, 0.3) is 0 Å². The molecule has 1 heterocycles. The summed E-state index contributed by atoms with van der Waals surface area (Å²) in [6.45, 7) is 2.46. The first-order valence-corrected chi connectivity index (χ1v) is 10.9. The number of Topliss-reactive ketones (excluding diaryl/α,β-unsaturated/α-hetero) is 1. The van der Waals surface area contributed by atoms with Crippen LogP contribution < -0.4 is 5.32 Å². The SMILES string of the molecule is CC1CCCCN1S(=O)(=O)c1ccc(NCC(=O)c2ccc([N+](=O)[O-])cc2)cc1. The van der Waals surface area contributed by atoms with E-state index in [-0.39, 0.29) is 29.0 Å². The highest BCUT2D eigenvalue weighted by Gasteiger charge is 2.30. The van der Waals surface area contributed by atoms with Crippen LogP contribution in [-0.4, -0.2) is 42.6 Å². The van der Waals surface area contributed by atoms with Gasteiger partial charge in [-0.3, -0.25) is 14.9 Å². The van der Waals surface area contributed by atoms with Gasteiger partial charge in [-0.2, -0.15) is 4.31 Å². The van der Waals surface area contributed by atoms with Crippen molar-refractivity contribution in [2.24, 2.45) is 0 Å². The first kappa shape index (κ1) is 20.9. The van der Waals surface area contributed by atoms with Crippen LogP contribution in [0.2, 0.25) is 0 Å². The van der Waals surface area contributed by atoms with Crippen LogP contribution in [0.3, 0.4) is 0 Å². The quantitative estimate of drug-likeness (QED) is 0.420. The number of piperidine rings is 1. The van der Waals surface area contributed by atoms with E-state index in [0.29, 0.717) is 17.8 Å². The first-order chi connectivity index (χ1) is 13.8. The maximum atomic E-state index is 12.8. The Labute approximate surface area is 169 Å². The third kappa shape index (κ3) is 4.80. The van der Waals surface area contributed by atoms with E-state index in [1.54, 1.807) is 16.4 Å². The highest BCUT2D eigenvalue weighted by molar-refractivity contribution is 7.89. The molecular weight excluding hydrogens is 394 g/mol. The number of sulfonamides is 1. The number of anilines is 1. The minimum absolute atomic E-state index is 0.00688. The van der Waals surface area contributed by atoms with Crippen molar-refractivity contribution in [3.8, 4) is 0 Å². The molecule has 0 amide bonds. The van der Waals surface area contributed by atoms with Crippen molar-refractivity contribution in [1.29, 1.82) is 0 Å². The molecule has 154 valence electrons. The van der Waals surface area contributed by atoms with E-state index in [4.69, 9.17) is 0 Å². The molecule has 1 aliphatic rings. The van der Waals surface area contributed by atoms with Gasteiger partial charge in [0.15, 0.2) is 5.78 Å². The van der Waals surface area contributed by atoms with Gasteiger partial charge in [0.1, 0.15) is 0 Å². The lowest BCUT2D eigenvalue weighted by atomic mass is 10.1. The minimum atomic E-state index is -3.53. The topological polar surface area (TPSA) is 110 Å². The summed E-state index contributed by atoms with van der Waals surface area (Å²) < 4.78 is 27.2. The van der Waals surface area contributed by atoms with Crippen molar-refractivity contribution in [2.75, 3.05) is 18.4 Å². The van der Waals surface area contributed by atoms with Gasteiger partial charge in [-0.1, -0.05) is 6.42 Å². The molecule has 1 aliphatic heterocycles. The third-order valence-electron chi connectivity index (χ3n) is 5.06. The Bertz CT molecular complexity index is 988. The lowest BCUT2D eigenvalue weighted by Crippen LogP contribution is -2.41. The lowest BCUT2D eigenvalue weighted by molar-refractivity contribution is -0.384. The fourth-order valence-electron chi connectivity index (χ4n) is 3.36. The standard InChI is InChI=1S/C20H23N3O5S/c1-15-4-2-3-13-22(15)29(27,28)19-11-7-17(8-12-19)21-14-20(24)16-5-9-18(10-6-16)23(25)26/h5-12,15,21H,2-4,13-14H2,1H3.